The average Bonchev–Trinajstić information content (AvgIpc) is 2.94. The third-order valence-electron chi connectivity index (χ3n) is 3.64. The van der Waals surface area contributed by atoms with Gasteiger partial charge in [0.15, 0.2) is 0 Å². The van der Waals surface area contributed by atoms with E-state index in [1.165, 1.54) is 23.2 Å². The molecule has 1 aliphatic heterocycles. The lowest BCUT2D eigenvalue weighted by Gasteiger charge is -2.29. The van der Waals surface area contributed by atoms with Crippen LogP contribution in [0.3, 0.4) is 0 Å². The lowest BCUT2D eigenvalue weighted by molar-refractivity contribution is 0.243. The number of nitrogens with zero attached hydrogens (tertiary/aromatic N) is 1. The Balaban J connectivity index is 0.000000637. The van der Waals surface area contributed by atoms with Gasteiger partial charge >= 0.3 is 0 Å². The number of fused-ring (bicyclic) bond motifs is 1. The standard InChI is InChI=1S/C15H18N2.C2H6/c1-12-4-2-5-13-10-17(9-7-15(12)13)11-14-6-3-8-16-14;1-2/h2-6,8,16H,7,9-11H2,1H3;1-2H3. The second-order valence-electron chi connectivity index (χ2n) is 4.87. The first-order chi connectivity index (χ1) is 9.33. The molecule has 1 aliphatic rings. The van der Waals surface area contributed by atoms with Crippen LogP contribution >= 0.6 is 0 Å². The SMILES string of the molecule is CC.Cc1cccc2c1CCN(Cc1ccc[nH]1)C2. The van der Waals surface area contributed by atoms with Crippen LogP contribution in [0.5, 0.6) is 0 Å². The van der Waals surface area contributed by atoms with Crippen molar-refractivity contribution in [2.75, 3.05) is 6.54 Å². The Morgan fingerprint density at radius 3 is 2.74 bits per heavy atom. The highest BCUT2D eigenvalue weighted by Gasteiger charge is 2.17. The zero-order valence-corrected chi connectivity index (χ0v) is 12.2. The van der Waals surface area contributed by atoms with Gasteiger partial charge in [0.2, 0.25) is 0 Å². The van der Waals surface area contributed by atoms with E-state index in [4.69, 9.17) is 0 Å². The average molecular weight is 256 g/mol. The quantitative estimate of drug-likeness (QED) is 0.863. The molecule has 0 fully saturated rings. The van der Waals surface area contributed by atoms with E-state index in [9.17, 15) is 0 Å². The number of aromatic amines is 1. The Morgan fingerprint density at radius 2 is 2.00 bits per heavy atom. The van der Waals surface area contributed by atoms with E-state index >= 15 is 0 Å². The highest BCUT2D eigenvalue weighted by molar-refractivity contribution is 5.36. The molecule has 0 aliphatic carbocycles. The van der Waals surface area contributed by atoms with Crippen molar-refractivity contribution < 1.29 is 0 Å². The van der Waals surface area contributed by atoms with Crippen molar-refractivity contribution in [3.63, 3.8) is 0 Å². The summed E-state index contributed by atoms with van der Waals surface area (Å²) in [5.74, 6) is 0. The summed E-state index contributed by atoms with van der Waals surface area (Å²) >= 11 is 0. The maximum Gasteiger partial charge on any atom is 0.0388 e. The van der Waals surface area contributed by atoms with Gasteiger partial charge in [0.05, 0.1) is 0 Å². The number of nitrogens with one attached hydrogen (secondary N) is 1. The van der Waals surface area contributed by atoms with Crippen LogP contribution in [0.2, 0.25) is 0 Å². The third kappa shape index (κ3) is 3.27. The summed E-state index contributed by atoms with van der Waals surface area (Å²) in [5.41, 5.74) is 5.82. The largest absolute Gasteiger partial charge is 0.364 e. The van der Waals surface area contributed by atoms with E-state index < -0.39 is 0 Å². The maximum atomic E-state index is 3.28. The van der Waals surface area contributed by atoms with Gasteiger partial charge in [0, 0.05) is 31.5 Å². The van der Waals surface area contributed by atoms with Crippen LogP contribution in [-0.4, -0.2) is 16.4 Å². The molecule has 2 nitrogen and oxygen atoms in total. The van der Waals surface area contributed by atoms with Crippen LogP contribution in [0.1, 0.15) is 36.2 Å². The Labute approximate surface area is 116 Å². The lowest BCUT2D eigenvalue weighted by Crippen LogP contribution is -2.30. The maximum absolute atomic E-state index is 3.28. The first-order valence-corrected chi connectivity index (χ1v) is 7.25. The van der Waals surface area contributed by atoms with Crippen LogP contribution in [0.25, 0.3) is 0 Å². The zero-order chi connectivity index (χ0) is 13.7. The number of benzene rings is 1. The minimum absolute atomic E-state index is 1.03. The van der Waals surface area contributed by atoms with Gasteiger partial charge in [-0.15, -0.1) is 0 Å². The number of hydrogen-bond donors (Lipinski definition) is 1. The van der Waals surface area contributed by atoms with Gasteiger partial charge in [0.25, 0.3) is 0 Å². The third-order valence-corrected chi connectivity index (χ3v) is 3.64. The Hall–Kier alpha value is -1.54. The van der Waals surface area contributed by atoms with Crippen molar-refractivity contribution in [1.29, 1.82) is 0 Å². The fourth-order valence-electron chi connectivity index (χ4n) is 2.70. The van der Waals surface area contributed by atoms with Crippen LogP contribution in [0.4, 0.5) is 0 Å². The highest BCUT2D eigenvalue weighted by Crippen LogP contribution is 2.22. The molecule has 1 aromatic heterocycles. The summed E-state index contributed by atoms with van der Waals surface area (Å²) < 4.78 is 0. The number of aromatic nitrogens is 1. The molecule has 0 bridgehead atoms. The summed E-state index contributed by atoms with van der Waals surface area (Å²) in [4.78, 5) is 5.79. The van der Waals surface area contributed by atoms with E-state index in [1.54, 1.807) is 5.56 Å². The number of aryl methyl sites for hydroxylation is 1. The van der Waals surface area contributed by atoms with Gasteiger partial charge in [-0.25, -0.2) is 0 Å². The van der Waals surface area contributed by atoms with E-state index in [0.29, 0.717) is 0 Å². The molecule has 0 saturated heterocycles. The molecule has 102 valence electrons. The molecule has 0 spiro atoms. The van der Waals surface area contributed by atoms with Crippen molar-refractivity contribution in [1.82, 2.24) is 9.88 Å². The summed E-state index contributed by atoms with van der Waals surface area (Å²) in [7, 11) is 0. The molecule has 0 amide bonds. The zero-order valence-electron chi connectivity index (χ0n) is 12.2. The summed E-state index contributed by atoms with van der Waals surface area (Å²) in [5, 5.41) is 0. The fraction of sp³-hybridized carbons (Fsp3) is 0.412. The molecule has 1 aromatic carbocycles. The van der Waals surface area contributed by atoms with E-state index in [2.05, 4.69) is 47.1 Å². The van der Waals surface area contributed by atoms with Gasteiger partial charge in [0.1, 0.15) is 0 Å². The molecule has 0 atom stereocenters. The highest BCUT2D eigenvalue weighted by atomic mass is 15.1. The van der Waals surface area contributed by atoms with Crippen LogP contribution in [0, 0.1) is 6.92 Å². The van der Waals surface area contributed by atoms with Crippen LogP contribution in [0.15, 0.2) is 36.5 Å². The first-order valence-electron chi connectivity index (χ1n) is 7.25. The summed E-state index contributed by atoms with van der Waals surface area (Å²) in [6.45, 7) is 9.49. The molecular formula is C17H24N2. The topological polar surface area (TPSA) is 19.0 Å². The second-order valence-corrected chi connectivity index (χ2v) is 4.87. The van der Waals surface area contributed by atoms with Crippen molar-refractivity contribution in [3.05, 3.63) is 58.9 Å². The minimum Gasteiger partial charge on any atom is -0.364 e. The molecule has 0 saturated carbocycles. The minimum atomic E-state index is 1.03. The molecule has 2 aromatic rings. The molecule has 19 heavy (non-hydrogen) atoms. The predicted octanol–water partition coefficient (Wildman–Crippen LogP) is 3.91. The fourth-order valence-corrected chi connectivity index (χ4v) is 2.70. The number of rotatable bonds is 2. The number of hydrogen-bond acceptors (Lipinski definition) is 1. The van der Waals surface area contributed by atoms with Gasteiger partial charge in [-0.1, -0.05) is 32.0 Å². The molecule has 0 radical (unpaired) electrons. The molecule has 1 N–H and O–H groups in total. The summed E-state index contributed by atoms with van der Waals surface area (Å²) in [6.07, 6.45) is 3.18. The monoisotopic (exact) mass is 256 g/mol. The van der Waals surface area contributed by atoms with Crippen molar-refractivity contribution in [3.8, 4) is 0 Å². The molecule has 2 heterocycles. The molecule has 0 unspecified atom stereocenters. The Morgan fingerprint density at radius 1 is 1.16 bits per heavy atom. The Kier molecular flexibility index (Phi) is 4.80. The van der Waals surface area contributed by atoms with E-state index in [-0.39, 0.29) is 0 Å². The number of H-pyrrole nitrogens is 1. The van der Waals surface area contributed by atoms with Gasteiger partial charge in [-0.3, -0.25) is 4.90 Å². The van der Waals surface area contributed by atoms with Gasteiger partial charge in [-0.05, 0) is 42.2 Å². The van der Waals surface area contributed by atoms with Crippen molar-refractivity contribution in [2.24, 2.45) is 0 Å². The van der Waals surface area contributed by atoms with Crippen LogP contribution in [-0.2, 0) is 19.5 Å². The van der Waals surface area contributed by atoms with Crippen molar-refractivity contribution >= 4 is 0 Å². The van der Waals surface area contributed by atoms with E-state index in [0.717, 1.165) is 19.6 Å². The first kappa shape index (κ1) is 13.9. The predicted molar refractivity (Wildman–Crippen MR) is 81.1 cm³/mol. The van der Waals surface area contributed by atoms with E-state index in [1.807, 2.05) is 20.0 Å². The molecule has 3 rings (SSSR count). The summed E-state index contributed by atoms with van der Waals surface area (Å²) in [6, 6.07) is 10.9. The van der Waals surface area contributed by atoms with Crippen molar-refractivity contribution in [2.45, 2.75) is 40.3 Å². The second kappa shape index (κ2) is 6.58. The Bertz CT molecular complexity index is 500. The smallest absolute Gasteiger partial charge is 0.0388 e. The normalized spacial score (nSPS) is 14.5. The lowest BCUT2D eigenvalue weighted by atomic mass is 9.95. The van der Waals surface area contributed by atoms with Crippen LogP contribution < -0.4 is 0 Å². The molecular weight excluding hydrogens is 232 g/mol. The van der Waals surface area contributed by atoms with Gasteiger partial charge < -0.3 is 4.98 Å². The molecule has 2 heteroatoms. The van der Waals surface area contributed by atoms with Gasteiger partial charge in [-0.2, -0.15) is 0 Å².